The number of hydrogen-bond donors (Lipinski definition) is 2. The van der Waals surface area contributed by atoms with Crippen LogP contribution >= 0.6 is 0 Å². The van der Waals surface area contributed by atoms with Crippen molar-refractivity contribution in [3.63, 3.8) is 0 Å². The van der Waals surface area contributed by atoms with E-state index < -0.39 is 18.1 Å². The van der Waals surface area contributed by atoms with Gasteiger partial charge in [0.15, 0.2) is 11.6 Å². The summed E-state index contributed by atoms with van der Waals surface area (Å²) in [4.78, 5) is 56.4. The van der Waals surface area contributed by atoms with Gasteiger partial charge in [0.25, 0.3) is 0 Å². The van der Waals surface area contributed by atoms with Gasteiger partial charge in [-0.15, -0.1) is 0 Å². The fourth-order valence-corrected chi connectivity index (χ4v) is 7.66. The van der Waals surface area contributed by atoms with Crippen LogP contribution in [0.15, 0.2) is 133 Å². The van der Waals surface area contributed by atoms with E-state index in [0.29, 0.717) is 84.5 Å². The maximum absolute atomic E-state index is 13.2. The summed E-state index contributed by atoms with van der Waals surface area (Å²) in [6.45, 7) is 17.2. The van der Waals surface area contributed by atoms with Crippen molar-refractivity contribution in [2.45, 2.75) is 118 Å². The van der Waals surface area contributed by atoms with E-state index in [1.807, 2.05) is 161 Å². The Labute approximate surface area is 565 Å². The molecular formula is C61H68Cs2O13. The third-order valence-electron chi connectivity index (χ3n) is 12.0. The van der Waals surface area contributed by atoms with E-state index >= 15 is 0 Å². The molecule has 0 aliphatic heterocycles. The molecule has 0 bridgehead atoms. The Morgan fingerprint density at radius 2 is 0.829 bits per heavy atom. The fraction of sp³-hybridized carbons (Fsp3) is 0.328. The van der Waals surface area contributed by atoms with Gasteiger partial charge in [0, 0.05) is 36.8 Å². The summed E-state index contributed by atoms with van der Waals surface area (Å²) in [6, 6.07) is 41.7. The fourth-order valence-electron chi connectivity index (χ4n) is 7.66. The molecule has 392 valence electrons. The first-order valence-electron chi connectivity index (χ1n) is 24.8. The van der Waals surface area contributed by atoms with Gasteiger partial charge in [-0.2, -0.15) is 0 Å². The smallest absolute Gasteiger partial charge is 0.652 e. The molecule has 0 amide bonds. The molecule has 6 aromatic rings. The monoisotopic (exact) mass is 1270 g/mol. The molecule has 0 heterocycles. The van der Waals surface area contributed by atoms with Crippen molar-refractivity contribution >= 4 is 29.7 Å². The molecule has 2 unspecified atom stereocenters. The minimum Gasteiger partial charge on any atom is -0.652 e. The largest absolute Gasteiger partial charge is 1.00 e. The molecule has 2 atom stereocenters. The van der Waals surface area contributed by atoms with Crippen molar-refractivity contribution in [1.82, 2.24) is 0 Å². The summed E-state index contributed by atoms with van der Waals surface area (Å²) in [5, 5.41) is 34.4. The topological polar surface area (TPSA) is 209 Å². The molecule has 0 aliphatic carbocycles. The van der Waals surface area contributed by atoms with Crippen LogP contribution < -0.4 is 167 Å². The zero-order valence-corrected chi connectivity index (χ0v) is 58.1. The first kappa shape index (κ1) is 68.3. The van der Waals surface area contributed by atoms with E-state index in [4.69, 9.17) is 44.2 Å². The molecule has 0 aliphatic rings. The van der Waals surface area contributed by atoms with Crippen LogP contribution in [0.5, 0.6) is 23.0 Å². The molecule has 6 aromatic carbocycles. The molecule has 2 N–H and O–H groups in total. The number of carboxylic acid groups (broad SMARTS) is 4. The minimum atomic E-state index is -2.33. The summed E-state index contributed by atoms with van der Waals surface area (Å²) in [6.07, 6.45) is -0.116. The number of carbonyl (C=O) groups is 5. The van der Waals surface area contributed by atoms with Gasteiger partial charge in [-0.25, -0.2) is 0 Å². The molecule has 0 radical (unpaired) electrons. The number of ketones is 2. The molecule has 0 fully saturated rings. The quantitative estimate of drug-likeness (QED) is 0.0785. The van der Waals surface area contributed by atoms with Crippen LogP contribution in [0.2, 0.25) is 0 Å². The first-order chi connectivity index (χ1) is 35.2. The second-order valence-corrected chi connectivity index (χ2v) is 18.6. The van der Waals surface area contributed by atoms with Crippen molar-refractivity contribution in [1.29, 1.82) is 0 Å². The Balaban J connectivity index is 0.000000474. The normalized spacial score (nSPS) is 11.2. The van der Waals surface area contributed by atoms with E-state index in [0.717, 1.165) is 44.9 Å². The number of ether oxygens (including phenoxy) is 4. The molecule has 0 saturated heterocycles. The van der Waals surface area contributed by atoms with Crippen LogP contribution in [-0.2, 0) is 22.4 Å². The van der Waals surface area contributed by atoms with Crippen molar-refractivity contribution in [2.24, 2.45) is 0 Å². The van der Waals surface area contributed by atoms with Gasteiger partial charge in [-0.05, 0) is 140 Å². The molecule has 0 saturated carbocycles. The average molecular weight is 1280 g/mol. The predicted molar refractivity (Wildman–Crippen MR) is 281 cm³/mol. The van der Waals surface area contributed by atoms with Gasteiger partial charge in [0.2, 0.25) is 0 Å². The Morgan fingerprint density at radius 1 is 0.487 bits per heavy atom. The van der Waals surface area contributed by atoms with Crippen LogP contribution in [0, 0.1) is 13.8 Å². The number of carbonyl (C=O) groups excluding carboxylic acids is 3. The number of carboxylic acids is 2. The third kappa shape index (κ3) is 24.0. The van der Waals surface area contributed by atoms with Gasteiger partial charge in [0.1, 0.15) is 23.0 Å². The van der Waals surface area contributed by atoms with Gasteiger partial charge >= 0.3 is 150 Å². The zero-order valence-electron chi connectivity index (χ0n) is 45.6. The van der Waals surface area contributed by atoms with Crippen molar-refractivity contribution in [3.05, 3.63) is 189 Å². The third-order valence-corrected chi connectivity index (χ3v) is 12.0. The number of aryl methyl sites for hydroxylation is 4. The number of rotatable bonds is 24. The van der Waals surface area contributed by atoms with Gasteiger partial charge < -0.3 is 44.2 Å². The van der Waals surface area contributed by atoms with Crippen LogP contribution in [0.4, 0.5) is 4.79 Å². The maximum Gasteiger partial charge on any atom is 1.00 e. The summed E-state index contributed by atoms with van der Waals surface area (Å²) in [5.74, 6) is 1.55. The van der Waals surface area contributed by atoms with E-state index in [1.54, 1.807) is 0 Å². The molecule has 0 spiro atoms. The van der Waals surface area contributed by atoms with Crippen LogP contribution in [0.25, 0.3) is 0 Å². The second kappa shape index (κ2) is 35.6. The predicted octanol–water partition coefficient (Wildman–Crippen LogP) is 4.77. The van der Waals surface area contributed by atoms with Crippen LogP contribution in [0.1, 0.15) is 144 Å². The summed E-state index contributed by atoms with van der Waals surface area (Å²) < 4.78 is 24.2. The zero-order chi connectivity index (χ0) is 54.3. The Bertz CT molecular complexity index is 2610. The molecule has 6 rings (SSSR count). The van der Waals surface area contributed by atoms with Gasteiger partial charge in [-0.3, -0.25) is 19.2 Å². The average Bonchev–Trinajstić information content (AvgIpc) is 3.36. The molecule has 76 heavy (non-hydrogen) atoms. The SMILES string of the molecule is Cc1cc(OCCC(C)Oc2ccc(C(C)C)cc2C(=O)c2ccccc2)ccc1CCC(=O)O.Cc1cc(OCCC(C)Oc2ccc(C(C)C)cc2C(=O)c2ccccc2)ccc1CCC(=O)O.O=C([O-])[O-].[Cs+].[Cs+]. The minimum absolute atomic E-state index is 0. The summed E-state index contributed by atoms with van der Waals surface area (Å²) >= 11 is 0. The van der Waals surface area contributed by atoms with Gasteiger partial charge in [-0.1, -0.05) is 113 Å². The van der Waals surface area contributed by atoms with Crippen molar-refractivity contribution < 1.29 is 201 Å². The Hall–Kier alpha value is -3.83. The maximum atomic E-state index is 13.2. The Morgan fingerprint density at radius 3 is 1.13 bits per heavy atom. The molecule has 15 heteroatoms. The second-order valence-electron chi connectivity index (χ2n) is 18.6. The van der Waals surface area contributed by atoms with E-state index in [2.05, 4.69) is 27.7 Å². The van der Waals surface area contributed by atoms with Crippen molar-refractivity contribution in [3.8, 4) is 23.0 Å². The Kier molecular flexibility index (Phi) is 32.0. The first-order valence-corrected chi connectivity index (χ1v) is 24.8. The number of hydrogen-bond acceptors (Lipinski definition) is 11. The van der Waals surface area contributed by atoms with E-state index in [1.165, 1.54) is 0 Å². The van der Waals surface area contributed by atoms with Crippen LogP contribution in [0.3, 0.4) is 0 Å². The van der Waals surface area contributed by atoms with Crippen LogP contribution in [-0.4, -0.2) is 65.3 Å². The van der Waals surface area contributed by atoms with E-state index in [-0.39, 0.29) is 174 Å². The summed E-state index contributed by atoms with van der Waals surface area (Å²) in [5.41, 5.74) is 8.65. The van der Waals surface area contributed by atoms with Gasteiger partial charge in [0.05, 0.1) is 36.5 Å². The molecule has 0 aromatic heterocycles. The number of aliphatic carboxylic acids is 2. The molecular weight excluding hydrogens is 1210 g/mol. The standard InChI is InChI=1S/2C30H34O5.CH2O3.2Cs/c2*1-20(2)25-11-14-28(27(19-25)30(33)24-8-6-5-7-9-24)35-22(4)16-17-34-26-13-10-23(21(3)18-26)12-15-29(31)32;2-1(3)4;;/h2*5-11,13-14,18-20,22H,12,15-17H2,1-4H3,(H,31,32);(H2,2,3,4);;/q;;;2*+1/p-2. The molecule has 13 nitrogen and oxygen atoms in total. The van der Waals surface area contributed by atoms with E-state index in [9.17, 15) is 19.2 Å². The van der Waals surface area contributed by atoms with Crippen molar-refractivity contribution in [2.75, 3.05) is 13.2 Å². The number of benzene rings is 6. The summed E-state index contributed by atoms with van der Waals surface area (Å²) in [7, 11) is 0.